The fourth-order valence-electron chi connectivity index (χ4n) is 1.48. The van der Waals surface area contributed by atoms with Gasteiger partial charge in [0.2, 0.25) is 0 Å². The minimum Gasteiger partial charge on any atom is -0.486 e. The van der Waals surface area contributed by atoms with Gasteiger partial charge in [0.1, 0.15) is 23.2 Å². The zero-order chi connectivity index (χ0) is 13.1. The summed E-state index contributed by atoms with van der Waals surface area (Å²) in [7, 11) is 0. The second-order valence-electron chi connectivity index (χ2n) is 3.84. The van der Waals surface area contributed by atoms with Crippen LogP contribution in [0.3, 0.4) is 0 Å². The molecular formula is C13H12FNO2S. The maximum Gasteiger partial charge on any atom is 0.153 e. The highest BCUT2D eigenvalue weighted by Crippen LogP contribution is 2.21. The van der Waals surface area contributed by atoms with Crippen molar-refractivity contribution in [2.45, 2.75) is 20.5 Å². The number of hydrogen-bond donors (Lipinski definition) is 0. The molecule has 3 nitrogen and oxygen atoms in total. The van der Waals surface area contributed by atoms with Crippen LogP contribution in [0.2, 0.25) is 0 Å². The van der Waals surface area contributed by atoms with E-state index in [1.165, 1.54) is 12.1 Å². The Morgan fingerprint density at radius 2 is 2.22 bits per heavy atom. The van der Waals surface area contributed by atoms with E-state index in [1.54, 1.807) is 11.3 Å². The molecule has 0 atom stereocenters. The Bertz CT molecular complexity index is 561. The van der Waals surface area contributed by atoms with Gasteiger partial charge in [-0.2, -0.15) is 0 Å². The molecule has 0 fully saturated rings. The Labute approximate surface area is 108 Å². The van der Waals surface area contributed by atoms with E-state index in [-0.39, 0.29) is 12.2 Å². The predicted octanol–water partition coefficient (Wildman–Crippen LogP) is 3.29. The van der Waals surface area contributed by atoms with Gasteiger partial charge in [0, 0.05) is 4.88 Å². The number of aldehydes is 1. The summed E-state index contributed by atoms with van der Waals surface area (Å²) in [5.41, 5.74) is 1.19. The van der Waals surface area contributed by atoms with E-state index in [2.05, 4.69) is 4.98 Å². The molecule has 5 heteroatoms. The molecule has 2 aromatic rings. The predicted molar refractivity (Wildman–Crippen MR) is 67.7 cm³/mol. The van der Waals surface area contributed by atoms with Crippen LogP contribution >= 0.6 is 11.3 Å². The number of rotatable bonds is 4. The normalized spacial score (nSPS) is 10.4. The highest BCUT2D eigenvalue weighted by atomic mass is 32.1. The third-order valence-corrected chi connectivity index (χ3v) is 3.57. The van der Waals surface area contributed by atoms with Gasteiger partial charge < -0.3 is 4.74 Å². The third-order valence-electron chi connectivity index (χ3n) is 2.52. The van der Waals surface area contributed by atoms with Crippen molar-refractivity contribution in [3.63, 3.8) is 0 Å². The number of ether oxygens (including phenoxy) is 1. The number of aromatic nitrogens is 1. The lowest BCUT2D eigenvalue weighted by atomic mass is 10.2. The van der Waals surface area contributed by atoms with Crippen molar-refractivity contribution in [3.8, 4) is 5.75 Å². The topological polar surface area (TPSA) is 39.2 Å². The fraction of sp³-hybridized carbons (Fsp3) is 0.231. The molecule has 0 aliphatic carbocycles. The van der Waals surface area contributed by atoms with Crippen LogP contribution in [-0.4, -0.2) is 11.3 Å². The number of benzene rings is 1. The molecular weight excluding hydrogens is 253 g/mol. The summed E-state index contributed by atoms with van der Waals surface area (Å²) in [4.78, 5) is 16.3. The molecule has 0 aliphatic rings. The number of aryl methyl sites for hydroxylation is 2. The van der Waals surface area contributed by atoms with Gasteiger partial charge in [-0.25, -0.2) is 9.37 Å². The van der Waals surface area contributed by atoms with Crippen LogP contribution in [-0.2, 0) is 6.61 Å². The maximum atomic E-state index is 12.9. The smallest absolute Gasteiger partial charge is 0.153 e. The summed E-state index contributed by atoms with van der Waals surface area (Å²) in [6, 6.07) is 3.87. The molecule has 1 aromatic heterocycles. The molecule has 94 valence electrons. The van der Waals surface area contributed by atoms with Gasteiger partial charge in [-0.3, -0.25) is 4.79 Å². The molecule has 0 amide bonds. The Kier molecular flexibility index (Phi) is 3.72. The van der Waals surface area contributed by atoms with E-state index in [9.17, 15) is 9.18 Å². The standard InChI is InChI=1S/C13H12FNO2S/c1-8-9(2)18-13(15-8)7-17-12-4-3-11(14)5-10(12)6-16/h3-6H,7H2,1-2H3. The van der Waals surface area contributed by atoms with Crippen LogP contribution in [0.25, 0.3) is 0 Å². The van der Waals surface area contributed by atoms with Crippen LogP contribution in [0.4, 0.5) is 4.39 Å². The Balaban J connectivity index is 2.12. The third kappa shape index (κ3) is 2.73. The second kappa shape index (κ2) is 5.27. The number of thiazole rings is 1. The molecule has 1 aromatic carbocycles. The number of nitrogens with zero attached hydrogens (tertiary/aromatic N) is 1. The first-order valence-corrected chi connectivity index (χ1v) is 6.22. The number of halogens is 1. The molecule has 2 rings (SSSR count). The zero-order valence-electron chi connectivity index (χ0n) is 10.1. The molecule has 0 aliphatic heterocycles. The monoisotopic (exact) mass is 265 g/mol. The van der Waals surface area contributed by atoms with E-state index in [0.29, 0.717) is 12.0 Å². The van der Waals surface area contributed by atoms with Crippen molar-refractivity contribution in [1.29, 1.82) is 0 Å². The summed E-state index contributed by atoms with van der Waals surface area (Å²) in [6.07, 6.45) is 0.580. The van der Waals surface area contributed by atoms with E-state index in [1.807, 2.05) is 13.8 Å². The minimum atomic E-state index is -0.453. The van der Waals surface area contributed by atoms with Gasteiger partial charge in [0.25, 0.3) is 0 Å². The van der Waals surface area contributed by atoms with Crippen LogP contribution < -0.4 is 4.74 Å². The highest BCUT2D eigenvalue weighted by molar-refractivity contribution is 7.11. The Hall–Kier alpha value is -1.75. The lowest BCUT2D eigenvalue weighted by molar-refractivity contribution is 0.111. The largest absolute Gasteiger partial charge is 0.486 e. The average Bonchev–Trinajstić information content (AvgIpc) is 2.67. The number of carbonyl (C=O) groups is 1. The van der Waals surface area contributed by atoms with Crippen LogP contribution in [0.1, 0.15) is 25.9 Å². The molecule has 1 heterocycles. The van der Waals surface area contributed by atoms with Crippen molar-refractivity contribution < 1.29 is 13.9 Å². The van der Waals surface area contributed by atoms with E-state index >= 15 is 0 Å². The molecule has 18 heavy (non-hydrogen) atoms. The first-order valence-electron chi connectivity index (χ1n) is 5.40. The highest BCUT2D eigenvalue weighted by Gasteiger charge is 2.08. The molecule has 0 unspecified atom stereocenters. The van der Waals surface area contributed by atoms with Gasteiger partial charge in [0.15, 0.2) is 6.29 Å². The first kappa shape index (κ1) is 12.7. The number of hydrogen-bond acceptors (Lipinski definition) is 4. The van der Waals surface area contributed by atoms with Crippen molar-refractivity contribution in [3.05, 3.63) is 45.2 Å². The van der Waals surface area contributed by atoms with Crippen molar-refractivity contribution in [2.24, 2.45) is 0 Å². The SMILES string of the molecule is Cc1nc(COc2ccc(F)cc2C=O)sc1C. The van der Waals surface area contributed by atoms with E-state index in [4.69, 9.17) is 4.74 Å². The molecule has 0 saturated heterocycles. The quantitative estimate of drug-likeness (QED) is 0.796. The molecule has 0 radical (unpaired) electrons. The van der Waals surface area contributed by atoms with Crippen molar-refractivity contribution >= 4 is 17.6 Å². The molecule has 0 bridgehead atoms. The summed E-state index contributed by atoms with van der Waals surface area (Å²) in [6.45, 7) is 4.21. The summed E-state index contributed by atoms with van der Waals surface area (Å²) in [5.74, 6) is -0.0812. The second-order valence-corrected chi connectivity index (χ2v) is 5.13. The van der Waals surface area contributed by atoms with Crippen LogP contribution in [0, 0.1) is 19.7 Å². The maximum absolute atomic E-state index is 12.9. The molecule has 0 saturated carbocycles. The van der Waals surface area contributed by atoms with Crippen LogP contribution in [0.5, 0.6) is 5.75 Å². The Morgan fingerprint density at radius 1 is 1.44 bits per heavy atom. The van der Waals surface area contributed by atoms with Crippen molar-refractivity contribution in [2.75, 3.05) is 0 Å². The van der Waals surface area contributed by atoms with E-state index in [0.717, 1.165) is 21.6 Å². The summed E-state index contributed by atoms with van der Waals surface area (Å²) in [5, 5.41) is 0.839. The summed E-state index contributed by atoms with van der Waals surface area (Å²) >= 11 is 1.55. The minimum absolute atomic E-state index is 0.208. The summed E-state index contributed by atoms with van der Waals surface area (Å²) < 4.78 is 18.4. The van der Waals surface area contributed by atoms with Gasteiger partial charge in [-0.15, -0.1) is 11.3 Å². The first-order chi connectivity index (χ1) is 8.60. The van der Waals surface area contributed by atoms with Gasteiger partial charge in [0.05, 0.1) is 11.3 Å². The zero-order valence-corrected chi connectivity index (χ0v) is 10.9. The van der Waals surface area contributed by atoms with Crippen molar-refractivity contribution in [1.82, 2.24) is 4.98 Å². The Morgan fingerprint density at radius 3 is 2.83 bits per heavy atom. The van der Waals surface area contributed by atoms with E-state index < -0.39 is 5.82 Å². The van der Waals surface area contributed by atoms with Gasteiger partial charge >= 0.3 is 0 Å². The van der Waals surface area contributed by atoms with Crippen LogP contribution in [0.15, 0.2) is 18.2 Å². The van der Waals surface area contributed by atoms with Gasteiger partial charge in [-0.1, -0.05) is 0 Å². The van der Waals surface area contributed by atoms with Gasteiger partial charge in [-0.05, 0) is 32.0 Å². The molecule has 0 spiro atoms. The fourth-order valence-corrected chi connectivity index (χ4v) is 2.33. The lowest BCUT2D eigenvalue weighted by Crippen LogP contribution is -1.98. The molecule has 0 N–H and O–H groups in total. The average molecular weight is 265 g/mol. The number of carbonyl (C=O) groups excluding carboxylic acids is 1. The lowest BCUT2D eigenvalue weighted by Gasteiger charge is -2.06.